The first-order valence-electron chi connectivity index (χ1n) is 4.31. The smallest absolute Gasteiger partial charge is 0.307 e. The number of aromatic hydroxyl groups is 1. The summed E-state index contributed by atoms with van der Waals surface area (Å²) in [6.45, 7) is 0. The Morgan fingerprint density at radius 3 is 2.79 bits per heavy atom. The molecular formula is C10H9FO3. The molecule has 0 bridgehead atoms. The second kappa shape index (κ2) is 2.97. The lowest BCUT2D eigenvalue weighted by Crippen LogP contribution is -1.99. The van der Waals surface area contributed by atoms with Crippen molar-refractivity contribution in [3.8, 4) is 5.75 Å². The minimum atomic E-state index is -0.890. The molecule has 0 aliphatic heterocycles. The van der Waals surface area contributed by atoms with E-state index in [1.54, 1.807) is 6.07 Å². The number of benzene rings is 1. The predicted molar refractivity (Wildman–Crippen MR) is 46.5 cm³/mol. The average molecular weight is 196 g/mol. The van der Waals surface area contributed by atoms with E-state index in [1.807, 2.05) is 0 Å². The second-order valence-electron chi connectivity index (χ2n) is 3.46. The number of phenolic OH excluding ortho intramolecular Hbond substituents is 1. The fourth-order valence-corrected chi connectivity index (χ4v) is 1.64. The lowest BCUT2D eigenvalue weighted by molar-refractivity contribution is -0.138. The maximum absolute atomic E-state index is 12.9. The second-order valence-corrected chi connectivity index (χ2v) is 3.46. The normalized spacial score (nSPS) is 24.6. The summed E-state index contributed by atoms with van der Waals surface area (Å²) in [6.07, 6.45) is 0.479. The molecule has 0 radical (unpaired) electrons. The van der Waals surface area contributed by atoms with Gasteiger partial charge in [0.2, 0.25) is 0 Å². The molecule has 1 aromatic rings. The quantitative estimate of drug-likeness (QED) is 0.757. The van der Waals surface area contributed by atoms with Crippen molar-refractivity contribution in [1.82, 2.24) is 0 Å². The maximum atomic E-state index is 12.9. The van der Waals surface area contributed by atoms with E-state index in [0.717, 1.165) is 6.07 Å². The molecule has 0 unspecified atom stereocenters. The molecule has 0 aromatic heterocycles. The van der Waals surface area contributed by atoms with Crippen LogP contribution in [0.5, 0.6) is 5.75 Å². The predicted octanol–water partition coefficient (Wildman–Crippen LogP) is 1.72. The van der Waals surface area contributed by atoms with Crippen LogP contribution in [0.25, 0.3) is 0 Å². The number of halogens is 1. The van der Waals surface area contributed by atoms with E-state index < -0.39 is 23.5 Å². The van der Waals surface area contributed by atoms with Gasteiger partial charge in [-0.1, -0.05) is 12.1 Å². The summed E-state index contributed by atoms with van der Waals surface area (Å²) >= 11 is 0. The van der Waals surface area contributed by atoms with E-state index in [1.165, 1.54) is 6.07 Å². The van der Waals surface area contributed by atoms with Gasteiger partial charge in [0, 0.05) is 11.5 Å². The summed E-state index contributed by atoms with van der Waals surface area (Å²) in [7, 11) is 0. The van der Waals surface area contributed by atoms with Crippen molar-refractivity contribution in [1.29, 1.82) is 0 Å². The molecule has 2 atom stereocenters. The SMILES string of the molecule is O=C(O)[C@@H]1C[C@H]1c1cccc(F)c1O. The molecule has 1 fully saturated rings. The molecule has 1 aliphatic carbocycles. The molecule has 0 amide bonds. The van der Waals surface area contributed by atoms with E-state index in [9.17, 15) is 14.3 Å². The maximum Gasteiger partial charge on any atom is 0.307 e. The van der Waals surface area contributed by atoms with Crippen molar-refractivity contribution < 1.29 is 19.4 Å². The van der Waals surface area contributed by atoms with Crippen LogP contribution in [0.4, 0.5) is 4.39 Å². The van der Waals surface area contributed by atoms with Crippen LogP contribution in [0, 0.1) is 11.7 Å². The number of hydrogen-bond donors (Lipinski definition) is 2. The first kappa shape index (κ1) is 8.99. The topological polar surface area (TPSA) is 57.5 Å². The largest absolute Gasteiger partial charge is 0.505 e. The summed E-state index contributed by atoms with van der Waals surface area (Å²) in [5.74, 6) is -2.70. The van der Waals surface area contributed by atoms with Crippen molar-refractivity contribution in [3.63, 3.8) is 0 Å². The third-order valence-corrected chi connectivity index (χ3v) is 2.53. The lowest BCUT2D eigenvalue weighted by atomic mass is 10.1. The summed E-state index contributed by atoms with van der Waals surface area (Å²) in [4.78, 5) is 10.6. The molecule has 4 heteroatoms. The minimum absolute atomic E-state index is 0.233. The molecule has 2 N–H and O–H groups in total. The van der Waals surface area contributed by atoms with Crippen LogP contribution >= 0.6 is 0 Å². The number of hydrogen-bond acceptors (Lipinski definition) is 2. The third kappa shape index (κ3) is 1.32. The Balaban J connectivity index is 2.27. The number of carbonyl (C=O) groups is 1. The van der Waals surface area contributed by atoms with Gasteiger partial charge >= 0.3 is 5.97 Å². The van der Waals surface area contributed by atoms with E-state index in [2.05, 4.69) is 0 Å². The lowest BCUT2D eigenvalue weighted by Gasteiger charge is -2.02. The van der Waals surface area contributed by atoms with Gasteiger partial charge in [-0.15, -0.1) is 0 Å². The zero-order chi connectivity index (χ0) is 10.3. The summed E-state index contributed by atoms with van der Waals surface area (Å²) in [5.41, 5.74) is 0.400. The van der Waals surface area contributed by atoms with Gasteiger partial charge in [0.15, 0.2) is 11.6 Å². The molecule has 3 nitrogen and oxygen atoms in total. The van der Waals surface area contributed by atoms with Crippen LogP contribution in [-0.4, -0.2) is 16.2 Å². The molecule has 2 rings (SSSR count). The molecular weight excluding hydrogens is 187 g/mol. The first-order valence-corrected chi connectivity index (χ1v) is 4.31. The Kier molecular flexibility index (Phi) is 1.91. The fraction of sp³-hybridized carbons (Fsp3) is 0.300. The van der Waals surface area contributed by atoms with Crippen LogP contribution < -0.4 is 0 Å². The monoisotopic (exact) mass is 196 g/mol. The zero-order valence-corrected chi connectivity index (χ0v) is 7.27. The van der Waals surface area contributed by atoms with Crippen molar-refractivity contribution >= 4 is 5.97 Å². The Morgan fingerprint density at radius 2 is 2.21 bits per heavy atom. The van der Waals surface area contributed by atoms with Gasteiger partial charge in [-0.2, -0.15) is 0 Å². The highest BCUT2D eigenvalue weighted by Crippen LogP contribution is 2.50. The average Bonchev–Trinajstić information content (AvgIpc) is 2.89. The summed E-state index contributed by atoms with van der Waals surface area (Å²) in [5, 5.41) is 18.0. The number of carboxylic acid groups (broad SMARTS) is 1. The first-order chi connectivity index (χ1) is 6.61. The standard InChI is InChI=1S/C10H9FO3/c11-8-3-1-2-5(9(8)12)6-4-7(6)10(13)14/h1-3,6-7,12H,4H2,(H,13,14)/t6-,7+/m0/s1. The van der Waals surface area contributed by atoms with E-state index in [-0.39, 0.29) is 5.92 Å². The van der Waals surface area contributed by atoms with E-state index in [0.29, 0.717) is 12.0 Å². The minimum Gasteiger partial charge on any atom is -0.505 e. The van der Waals surface area contributed by atoms with Crippen molar-refractivity contribution in [3.05, 3.63) is 29.6 Å². The number of phenols is 1. The summed E-state index contributed by atoms with van der Waals surface area (Å²) < 4.78 is 12.9. The molecule has 14 heavy (non-hydrogen) atoms. The molecule has 0 spiro atoms. The van der Waals surface area contributed by atoms with Gasteiger partial charge in [0.05, 0.1) is 5.92 Å². The highest BCUT2D eigenvalue weighted by molar-refractivity contribution is 5.75. The fourth-order valence-electron chi connectivity index (χ4n) is 1.64. The highest BCUT2D eigenvalue weighted by atomic mass is 19.1. The van der Waals surface area contributed by atoms with Gasteiger partial charge < -0.3 is 10.2 Å². The van der Waals surface area contributed by atoms with Crippen LogP contribution in [0.15, 0.2) is 18.2 Å². The molecule has 0 heterocycles. The van der Waals surface area contributed by atoms with E-state index >= 15 is 0 Å². The number of para-hydroxylation sites is 1. The number of aliphatic carboxylic acids is 1. The van der Waals surface area contributed by atoms with Crippen molar-refractivity contribution in [2.75, 3.05) is 0 Å². The van der Waals surface area contributed by atoms with Gasteiger partial charge in [-0.3, -0.25) is 4.79 Å². The van der Waals surface area contributed by atoms with Gasteiger partial charge in [-0.05, 0) is 12.5 Å². The van der Waals surface area contributed by atoms with Gasteiger partial charge in [0.1, 0.15) is 0 Å². The molecule has 1 saturated carbocycles. The Hall–Kier alpha value is -1.58. The Morgan fingerprint density at radius 1 is 1.50 bits per heavy atom. The van der Waals surface area contributed by atoms with Crippen molar-refractivity contribution in [2.45, 2.75) is 12.3 Å². The number of rotatable bonds is 2. The molecule has 1 aromatic carbocycles. The van der Waals surface area contributed by atoms with Crippen molar-refractivity contribution in [2.24, 2.45) is 5.92 Å². The van der Waals surface area contributed by atoms with Crippen LogP contribution in [0.1, 0.15) is 17.9 Å². The zero-order valence-electron chi connectivity index (χ0n) is 7.27. The molecule has 74 valence electrons. The number of carboxylic acids is 1. The van der Waals surface area contributed by atoms with Gasteiger partial charge in [-0.25, -0.2) is 4.39 Å². The van der Waals surface area contributed by atoms with Crippen LogP contribution in [0.2, 0.25) is 0 Å². The molecule has 1 aliphatic rings. The Labute approximate surface area is 79.8 Å². The van der Waals surface area contributed by atoms with Crippen LogP contribution in [-0.2, 0) is 4.79 Å². The van der Waals surface area contributed by atoms with Crippen LogP contribution in [0.3, 0.4) is 0 Å². The third-order valence-electron chi connectivity index (χ3n) is 2.53. The summed E-state index contributed by atoms with van der Waals surface area (Å²) in [6, 6.07) is 4.19. The van der Waals surface area contributed by atoms with Gasteiger partial charge in [0.25, 0.3) is 0 Å². The highest BCUT2D eigenvalue weighted by Gasteiger charge is 2.45. The van der Waals surface area contributed by atoms with E-state index in [4.69, 9.17) is 5.11 Å². The molecule has 0 saturated heterocycles. The Bertz CT molecular complexity index is 389.